The van der Waals surface area contributed by atoms with Crippen LogP contribution in [0.5, 0.6) is 0 Å². The molecule has 4 aliphatic carbocycles. The Morgan fingerprint density at radius 2 is 1.55 bits per heavy atom. The number of sulfonamides is 1. The van der Waals surface area contributed by atoms with Gasteiger partial charge < -0.3 is 4.74 Å². The van der Waals surface area contributed by atoms with E-state index < -0.39 is 28.6 Å². The summed E-state index contributed by atoms with van der Waals surface area (Å²) in [5.74, 6) is 0.869. The number of rotatable bonds is 8. The van der Waals surface area contributed by atoms with Crippen molar-refractivity contribution in [1.82, 2.24) is 4.72 Å². The van der Waals surface area contributed by atoms with Crippen LogP contribution in [-0.2, 0) is 24.3 Å². The monoisotopic (exact) mass is 447 g/mol. The van der Waals surface area contributed by atoms with Crippen molar-refractivity contribution < 1.29 is 27.5 Å². The van der Waals surface area contributed by atoms with E-state index in [0.29, 0.717) is 23.3 Å². The molecule has 0 heterocycles. The Morgan fingerprint density at radius 3 is 2.03 bits per heavy atom. The first-order chi connectivity index (χ1) is 14.6. The molecule has 0 spiro atoms. The Balaban J connectivity index is 1.33. The van der Waals surface area contributed by atoms with Crippen molar-refractivity contribution >= 4 is 27.6 Å². The summed E-state index contributed by atoms with van der Waals surface area (Å²) in [6.07, 6.45) is 5.44. The summed E-state index contributed by atoms with van der Waals surface area (Å²) in [4.78, 5) is 36.7. The van der Waals surface area contributed by atoms with Crippen molar-refractivity contribution in [2.24, 2.45) is 23.2 Å². The topological polar surface area (TPSA) is 107 Å². The van der Waals surface area contributed by atoms with Gasteiger partial charge in [-0.15, -0.1) is 0 Å². The highest BCUT2D eigenvalue weighted by Gasteiger charge is 2.55. The van der Waals surface area contributed by atoms with Gasteiger partial charge in [-0.2, -0.15) is 4.72 Å². The number of ketones is 2. The van der Waals surface area contributed by atoms with Crippen LogP contribution in [0.25, 0.3) is 0 Å². The number of ether oxygens (including phenoxy) is 1. The van der Waals surface area contributed by atoms with Gasteiger partial charge in [0.05, 0.1) is 4.90 Å². The van der Waals surface area contributed by atoms with Crippen LogP contribution in [0.3, 0.4) is 0 Å². The maximum atomic E-state index is 13.2. The molecule has 31 heavy (non-hydrogen) atoms. The molecular formula is C23H29NO6S. The van der Waals surface area contributed by atoms with Crippen molar-refractivity contribution in [3.05, 3.63) is 29.8 Å². The highest BCUT2D eigenvalue weighted by Crippen LogP contribution is 2.60. The van der Waals surface area contributed by atoms with Gasteiger partial charge in [0.1, 0.15) is 6.54 Å². The van der Waals surface area contributed by atoms with E-state index in [1.54, 1.807) is 6.92 Å². The van der Waals surface area contributed by atoms with Gasteiger partial charge in [0.15, 0.2) is 17.7 Å². The lowest BCUT2D eigenvalue weighted by atomic mass is 9.48. The summed E-state index contributed by atoms with van der Waals surface area (Å²) in [6.45, 7) is 2.42. The SMILES string of the molecule is CC(=O)c1ccc(S(=O)(=O)NCC(=O)OC(C)C(=O)C23CC4CC(CC(C4)C2)C3)cc1. The van der Waals surface area contributed by atoms with Crippen molar-refractivity contribution in [3.8, 4) is 0 Å². The Morgan fingerprint density at radius 1 is 1.03 bits per heavy atom. The molecule has 0 amide bonds. The van der Waals surface area contributed by atoms with E-state index in [1.165, 1.54) is 50.5 Å². The summed E-state index contributed by atoms with van der Waals surface area (Å²) in [5.41, 5.74) is 0.0299. The Kier molecular flexibility index (Phi) is 5.81. The number of benzene rings is 1. The zero-order valence-corrected chi connectivity index (χ0v) is 18.7. The van der Waals surface area contributed by atoms with Crippen LogP contribution in [-0.4, -0.2) is 38.6 Å². The molecule has 8 heteroatoms. The molecule has 5 rings (SSSR count). The maximum Gasteiger partial charge on any atom is 0.321 e. The highest BCUT2D eigenvalue weighted by molar-refractivity contribution is 7.89. The number of carbonyl (C=O) groups is 3. The van der Waals surface area contributed by atoms with Gasteiger partial charge in [-0.3, -0.25) is 14.4 Å². The van der Waals surface area contributed by atoms with Crippen LogP contribution in [0.2, 0.25) is 0 Å². The average Bonchev–Trinajstić information content (AvgIpc) is 2.71. The smallest absolute Gasteiger partial charge is 0.321 e. The second kappa shape index (κ2) is 8.13. The minimum Gasteiger partial charge on any atom is -0.454 e. The molecule has 1 aromatic carbocycles. The van der Waals surface area contributed by atoms with E-state index in [4.69, 9.17) is 4.74 Å². The molecule has 0 saturated heterocycles. The van der Waals surface area contributed by atoms with E-state index in [2.05, 4.69) is 4.72 Å². The first-order valence-corrected chi connectivity index (χ1v) is 12.4. The van der Waals surface area contributed by atoms with Crippen molar-refractivity contribution in [2.75, 3.05) is 6.54 Å². The molecule has 4 aliphatic rings. The molecule has 0 radical (unpaired) electrons. The van der Waals surface area contributed by atoms with Gasteiger partial charge in [0, 0.05) is 11.0 Å². The number of esters is 1. The number of hydrogen-bond acceptors (Lipinski definition) is 6. The van der Waals surface area contributed by atoms with Crippen molar-refractivity contribution in [1.29, 1.82) is 0 Å². The van der Waals surface area contributed by atoms with E-state index in [-0.39, 0.29) is 21.9 Å². The third kappa shape index (κ3) is 4.46. The predicted molar refractivity (Wildman–Crippen MR) is 113 cm³/mol. The number of Topliss-reactive ketones (excluding diaryl/α,β-unsaturated/α-hetero) is 2. The van der Waals surface area contributed by atoms with E-state index >= 15 is 0 Å². The molecular weight excluding hydrogens is 418 g/mol. The number of nitrogens with one attached hydrogen (secondary N) is 1. The molecule has 0 aliphatic heterocycles. The van der Waals surface area contributed by atoms with Gasteiger partial charge in [-0.1, -0.05) is 12.1 Å². The maximum absolute atomic E-state index is 13.2. The fourth-order valence-electron chi connectivity index (χ4n) is 6.24. The third-order valence-electron chi connectivity index (χ3n) is 7.22. The lowest BCUT2D eigenvalue weighted by Gasteiger charge is -2.56. The van der Waals surface area contributed by atoms with Crippen LogP contribution in [0, 0.1) is 23.2 Å². The molecule has 4 bridgehead atoms. The van der Waals surface area contributed by atoms with E-state index in [9.17, 15) is 22.8 Å². The second-order valence-electron chi connectivity index (χ2n) is 9.60. The Hall–Kier alpha value is -2.06. The van der Waals surface area contributed by atoms with Gasteiger partial charge >= 0.3 is 5.97 Å². The van der Waals surface area contributed by atoms with Crippen LogP contribution in [0.4, 0.5) is 0 Å². The summed E-state index contributed by atoms with van der Waals surface area (Å²) < 4.78 is 32.3. The Bertz CT molecular complexity index is 962. The van der Waals surface area contributed by atoms with E-state index in [0.717, 1.165) is 19.3 Å². The van der Waals surface area contributed by atoms with Crippen molar-refractivity contribution in [2.45, 2.75) is 63.4 Å². The first-order valence-electron chi connectivity index (χ1n) is 10.9. The summed E-state index contributed by atoms with van der Waals surface area (Å²) >= 11 is 0. The van der Waals surface area contributed by atoms with Gasteiger partial charge in [-0.25, -0.2) is 8.42 Å². The van der Waals surface area contributed by atoms with Gasteiger partial charge in [-0.05, 0) is 82.3 Å². The highest BCUT2D eigenvalue weighted by atomic mass is 32.2. The molecule has 0 aromatic heterocycles. The second-order valence-corrected chi connectivity index (χ2v) is 11.4. The molecule has 7 nitrogen and oxygen atoms in total. The molecule has 4 fully saturated rings. The molecule has 1 aromatic rings. The third-order valence-corrected chi connectivity index (χ3v) is 8.63. The number of carbonyl (C=O) groups excluding carboxylic acids is 3. The zero-order chi connectivity index (χ0) is 22.4. The van der Waals surface area contributed by atoms with Crippen LogP contribution in [0.1, 0.15) is 62.7 Å². The average molecular weight is 448 g/mol. The molecule has 1 unspecified atom stereocenters. The largest absolute Gasteiger partial charge is 0.454 e. The van der Waals surface area contributed by atoms with E-state index in [1.807, 2.05) is 0 Å². The summed E-state index contributed by atoms with van der Waals surface area (Å²) in [6, 6.07) is 5.45. The lowest BCUT2D eigenvalue weighted by molar-refractivity contribution is -0.164. The fraction of sp³-hybridized carbons (Fsp3) is 0.609. The summed E-state index contributed by atoms with van der Waals surface area (Å²) in [5, 5.41) is 0. The fourth-order valence-corrected chi connectivity index (χ4v) is 7.21. The van der Waals surface area contributed by atoms with Crippen LogP contribution in [0.15, 0.2) is 29.2 Å². The lowest BCUT2D eigenvalue weighted by Crippen LogP contribution is -2.53. The minimum absolute atomic E-state index is 0.0115. The molecule has 1 N–H and O–H groups in total. The molecule has 4 saturated carbocycles. The van der Waals surface area contributed by atoms with Crippen LogP contribution >= 0.6 is 0 Å². The first kappa shape index (κ1) is 22.1. The zero-order valence-electron chi connectivity index (χ0n) is 17.9. The standard InChI is InChI=1S/C23H29NO6S/c1-14(25)19-3-5-20(6-4-19)31(28,29)24-13-21(26)30-15(2)22(27)23-10-16-7-17(11-23)9-18(8-16)12-23/h3-6,15-18,24H,7-13H2,1-2H3. The normalized spacial score (nSPS) is 30.1. The molecule has 1 atom stereocenters. The van der Waals surface area contributed by atoms with Crippen LogP contribution < -0.4 is 4.72 Å². The Labute approximate surface area is 183 Å². The minimum atomic E-state index is -3.94. The van der Waals surface area contributed by atoms with Gasteiger partial charge in [0.25, 0.3) is 0 Å². The number of hydrogen-bond donors (Lipinski definition) is 1. The molecule has 168 valence electrons. The summed E-state index contributed by atoms with van der Waals surface area (Å²) in [7, 11) is -3.94. The van der Waals surface area contributed by atoms with Crippen molar-refractivity contribution in [3.63, 3.8) is 0 Å². The predicted octanol–water partition coefficient (Wildman–Crippen LogP) is 2.88. The quantitative estimate of drug-likeness (QED) is 0.485. The van der Waals surface area contributed by atoms with Gasteiger partial charge in [0.2, 0.25) is 10.0 Å².